The Hall–Kier alpha value is -0.370. The maximum Gasteiger partial charge on any atom is 0.318 e. The summed E-state index contributed by atoms with van der Waals surface area (Å²) >= 11 is 1.99. The number of ether oxygens (including phenoxy) is 2. The van der Waals surface area contributed by atoms with Gasteiger partial charge in [0.05, 0.1) is 26.1 Å². The van der Waals surface area contributed by atoms with Crippen molar-refractivity contribution in [2.75, 3.05) is 33.4 Å². The number of hydrogen-bond donors (Lipinski definition) is 1. The first kappa shape index (κ1) is 15.7. The predicted molar refractivity (Wildman–Crippen MR) is 74.7 cm³/mol. The number of carbonyl (C=O) groups is 2. The molecule has 0 bridgehead atoms. The van der Waals surface area contributed by atoms with E-state index in [1.165, 1.54) is 4.90 Å². The summed E-state index contributed by atoms with van der Waals surface area (Å²) in [6, 6.07) is 0. The molecule has 1 unspecified atom stereocenters. The van der Waals surface area contributed by atoms with Crippen LogP contribution in [0.4, 0.5) is 0 Å². The number of carbonyl (C=O) groups excluding carboxylic acids is 2. The van der Waals surface area contributed by atoms with Crippen LogP contribution in [0, 0.1) is 5.92 Å². The van der Waals surface area contributed by atoms with Crippen molar-refractivity contribution in [3.8, 4) is 0 Å². The van der Waals surface area contributed by atoms with Crippen LogP contribution in [-0.2, 0) is 19.1 Å². The van der Waals surface area contributed by atoms with Crippen molar-refractivity contribution in [2.24, 2.45) is 5.92 Å². The molecule has 6 heteroatoms. The van der Waals surface area contributed by atoms with Gasteiger partial charge >= 0.3 is 11.9 Å². The molecule has 104 valence electrons. The second kappa shape index (κ2) is 7.93. The van der Waals surface area contributed by atoms with Crippen LogP contribution < -0.4 is 4.90 Å². The lowest BCUT2D eigenvalue weighted by Crippen LogP contribution is -3.10. The number of esters is 2. The minimum atomic E-state index is -0.269. The van der Waals surface area contributed by atoms with Crippen LogP contribution >= 0.6 is 22.6 Å². The largest absolute Gasteiger partial charge is 0.462 e. The first-order chi connectivity index (χ1) is 8.50. The first-order valence-corrected chi connectivity index (χ1v) is 7.54. The highest BCUT2D eigenvalue weighted by Gasteiger charge is 2.26. The average molecular weight is 370 g/mol. The average Bonchev–Trinajstić information content (AvgIpc) is 2.34. The summed E-state index contributed by atoms with van der Waals surface area (Å²) in [4.78, 5) is 24.3. The summed E-state index contributed by atoms with van der Waals surface area (Å²) in [5.41, 5.74) is 0. The fraction of sp³-hybridized carbons (Fsp3) is 0.833. The van der Waals surface area contributed by atoms with Crippen molar-refractivity contribution in [3.63, 3.8) is 0 Å². The summed E-state index contributed by atoms with van der Waals surface area (Å²) in [7, 11) is 2.13. The van der Waals surface area contributed by atoms with E-state index in [1.54, 1.807) is 6.92 Å². The molecule has 0 amide bonds. The maximum absolute atomic E-state index is 11.7. The van der Waals surface area contributed by atoms with Crippen LogP contribution in [0.2, 0.25) is 0 Å². The third-order valence-corrected chi connectivity index (χ3v) is 3.58. The van der Waals surface area contributed by atoms with Gasteiger partial charge in [-0.15, -0.1) is 0 Å². The smallest absolute Gasteiger partial charge is 0.318 e. The van der Waals surface area contributed by atoms with E-state index in [2.05, 4.69) is 7.05 Å². The maximum atomic E-state index is 11.7. The molecule has 1 atom stereocenters. The molecule has 1 saturated heterocycles. The van der Waals surface area contributed by atoms with Gasteiger partial charge in [-0.1, -0.05) is 22.6 Å². The zero-order valence-electron chi connectivity index (χ0n) is 10.9. The number of nitrogens with one attached hydrogen (secondary N) is 1. The third-order valence-electron chi connectivity index (χ3n) is 3.07. The van der Waals surface area contributed by atoms with E-state index in [4.69, 9.17) is 9.47 Å². The van der Waals surface area contributed by atoms with Gasteiger partial charge in [-0.05, 0) is 6.92 Å². The van der Waals surface area contributed by atoms with Gasteiger partial charge in [0.2, 0.25) is 0 Å². The first-order valence-electron chi connectivity index (χ1n) is 6.29. The molecule has 0 spiro atoms. The molecule has 0 aliphatic carbocycles. The molecule has 18 heavy (non-hydrogen) atoms. The Balaban J connectivity index is 2.12. The summed E-state index contributed by atoms with van der Waals surface area (Å²) in [5, 5.41) is 0. The second-order valence-corrected chi connectivity index (χ2v) is 6.55. The molecule has 1 heterocycles. The number of quaternary nitrogens is 1. The minimum Gasteiger partial charge on any atom is -0.462 e. The Morgan fingerprint density at radius 3 is 2.39 bits per heavy atom. The Labute approximate surface area is 121 Å². The standard InChI is InChI=1S/C12H20INO4/c1-9(13)11(15)17-7-8-18-12(16)10-3-5-14(2)6-4-10/h9-10H,3-8H2,1-2H3/p+1. The summed E-state index contributed by atoms with van der Waals surface area (Å²) in [6.07, 6.45) is 1.77. The van der Waals surface area contributed by atoms with Gasteiger partial charge in [-0.2, -0.15) is 0 Å². The second-order valence-electron chi connectivity index (χ2n) is 4.68. The van der Waals surface area contributed by atoms with E-state index in [-0.39, 0.29) is 35.0 Å². The normalized spacial score (nSPS) is 25.3. The monoisotopic (exact) mass is 370 g/mol. The van der Waals surface area contributed by atoms with Crippen LogP contribution in [0.15, 0.2) is 0 Å². The third kappa shape index (κ3) is 5.51. The fourth-order valence-electron chi connectivity index (χ4n) is 1.86. The van der Waals surface area contributed by atoms with Crippen molar-refractivity contribution in [3.05, 3.63) is 0 Å². The van der Waals surface area contributed by atoms with E-state index < -0.39 is 0 Å². The van der Waals surface area contributed by atoms with Crippen molar-refractivity contribution < 1.29 is 24.0 Å². The number of rotatable bonds is 5. The molecule has 0 saturated carbocycles. The lowest BCUT2D eigenvalue weighted by Gasteiger charge is -2.24. The number of likely N-dealkylation sites (tertiary alicyclic amines) is 1. The van der Waals surface area contributed by atoms with Gasteiger partial charge < -0.3 is 14.4 Å². The zero-order valence-corrected chi connectivity index (χ0v) is 13.1. The van der Waals surface area contributed by atoms with Crippen molar-refractivity contribution in [1.82, 2.24) is 0 Å². The molecular weight excluding hydrogens is 349 g/mol. The SMILES string of the molecule is CC(I)C(=O)OCCOC(=O)C1CC[NH+](C)CC1. The molecule has 0 aromatic heterocycles. The minimum absolute atomic E-state index is 0.0212. The van der Waals surface area contributed by atoms with Gasteiger partial charge in [-0.3, -0.25) is 9.59 Å². The Morgan fingerprint density at radius 2 is 1.83 bits per heavy atom. The topological polar surface area (TPSA) is 57.0 Å². The summed E-state index contributed by atoms with van der Waals surface area (Å²) in [5.74, 6) is -0.400. The van der Waals surface area contributed by atoms with E-state index >= 15 is 0 Å². The van der Waals surface area contributed by atoms with Crippen LogP contribution in [0.5, 0.6) is 0 Å². The molecule has 0 aromatic carbocycles. The predicted octanol–water partition coefficient (Wildman–Crippen LogP) is -0.179. The summed E-state index contributed by atoms with van der Waals surface area (Å²) in [6.45, 7) is 4.10. The van der Waals surface area contributed by atoms with Crippen LogP contribution in [0.3, 0.4) is 0 Å². The lowest BCUT2D eigenvalue weighted by molar-refractivity contribution is -0.885. The van der Waals surface area contributed by atoms with Gasteiger partial charge in [0.1, 0.15) is 17.1 Å². The Kier molecular flexibility index (Phi) is 6.91. The Bertz CT molecular complexity index is 288. The fourth-order valence-corrected chi connectivity index (χ4v) is 2.04. The van der Waals surface area contributed by atoms with E-state index in [1.807, 2.05) is 22.6 Å². The molecule has 1 fully saturated rings. The number of halogens is 1. The van der Waals surface area contributed by atoms with Gasteiger partial charge in [0.25, 0.3) is 0 Å². The molecule has 1 aliphatic rings. The van der Waals surface area contributed by atoms with Gasteiger partial charge in [0, 0.05) is 12.8 Å². The highest BCUT2D eigenvalue weighted by atomic mass is 127. The lowest BCUT2D eigenvalue weighted by atomic mass is 9.97. The van der Waals surface area contributed by atoms with E-state index in [0.717, 1.165) is 25.9 Å². The number of hydrogen-bond acceptors (Lipinski definition) is 4. The molecule has 1 aliphatic heterocycles. The summed E-state index contributed by atoms with van der Waals surface area (Å²) < 4.78 is 9.88. The molecule has 1 rings (SSSR count). The highest BCUT2D eigenvalue weighted by molar-refractivity contribution is 14.1. The van der Waals surface area contributed by atoms with E-state index in [0.29, 0.717) is 0 Å². The number of alkyl halides is 1. The highest BCUT2D eigenvalue weighted by Crippen LogP contribution is 2.11. The molecule has 0 radical (unpaired) electrons. The van der Waals surface area contributed by atoms with Crippen molar-refractivity contribution >= 4 is 34.5 Å². The van der Waals surface area contributed by atoms with Gasteiger partial charge in [-0.25, -0.2) is 0 Å². The van der Waals surface area contributed by atoms with Crippen molar-refractivity contribution in [1.29, 1.82) is 0 Å². The zero-order chi connectivity index (χ0) is 13.5. The number of piperidine rings is 1. The van der Waals surface area contributed by atoms with Crippen LogP contribution in [-0.4, -0.2) is 49.2 Å². The van der Waals surface area contributed by atoms with Gasteiger partial charge in [0.15, 0.2) is 0 Å². The molecule has 5 nitrogen and oxygen atoms in total. The molecular formula is C12H21INO4+. The quantitative estimate of drug-likeness (QED) is 0.316. The Morgan fingerprint density at radius 1 is 1.28 bits per heavy atom. The molecule has 1 N–H and O–H groups in total. The van der Waals surface area contributed by atoms with Crippen molar-refractivity contribution in [2.45, 2.75) is 23.7 Å². The van der Waals surface area contributed by atoms with Crippen LogP contribution in [0.25, 0.3) is 0 Å². The molecule has 0 aromatic rings. The van der Waals surface area contributed by atoms with Crippen LogP contribution in [0.1, 0.15) is 19.8 Å². The van der Waals surface area contributed by atoms with E-state index in [9.17, 15) is 9.59 Å².